The lowest BCUT2D eigenvalue weighted by molar-refractivity contribution is -0.139. The Balaban J connectivity index is 1.51. The molecule has 0 aliphatic heterocycles. The first-order chi connectivity index (χ1) is 14.9. The van der Waals surface area contributed by atoms with E-state index in [1.807, 2.05) is 6.07 Å². The lowest BCUT2D eigenvalue weighted by Gasteiger charge is -2.31. The lowest BCUT2D eigenvalue weighted by Crippen LogP contribution is -2.38. The number of furan rings is 1. The summed E-state index contributed by atoms with van der Waals surface area (Å²) in [6, 6.07) is 14.6. The molecule has 0 N–H and O–H groups in total. The fourth-order valence-electron chi connectivity index (χ4n) is 3.41. The van der Waals surface area contributed by atoms with Gasteiger partial charge in [-0.05, 0) is 66.9 Å². The quantitative estimate of drug-likeness (QED) is 0.479. The van der Waals surface area contributed by atoms with E-state index in [2.05, 4.69) is 0 Å². The summed E-state index contributed by atoms with van der Waals surface area (Å²) < 4.78 is 48.7. The number of hydrogen-bond acceptors (Lipinski definition) is 5. The molecule has 1 aliphatic rings. The molecule has 0 bridgehead atoms. The second-order valence-corrected chi connectivity index (χ2v) is 9.09. The molecule has 1 saturated carbocycles. The van der Waals surface area contributed by atoms with Crippen molar-refractivity contribution in [2.24, 2.45) is 5.92 Å². The fraction of sp³-hybridized carbons (Fsp3) is 0.261. The van der Waals surface area contributed by atoms with Gasteiger partial charge in [0, 0.05) is 12.5 Å². The third-order valence-corrected chi connectivity index (χ3v) is 6.53. The molecule has 0 saturated heterocycles. The number of carbonyl (C=O) groups excluding carboxylic acids is 1. The van der Waals surface area contributed by atoms with Gasteiger partial charge in [-0.15, -0.1) is 0 Å². The molecule has 4 rings (SSSR count). The number of benzene rings is 2. The van der Waals surface area contributed by atoms with Crippen molar-refractivity contribution in [1.82, 2.24) is 4.90 Å². The van der Waals surface area contributed by atoms with E-state index < -0.39 is 15.9 Å². The van der Waals surface area contributed by atoms with Gasteiger partial charge >= 0.3 is 10.1 Å². The van der Waals surface area contributed by atoms with E-state index in [9.17, 15) is 17.6 Å². The molecule has 31 heavy (non-hydrogen) atoms. The SMILES string of the molecule is O=C(C1CCC1)N(Cc1cccc(OS(=O)(=O)c2ccc(F)cc2)c1)Cc1ccco1. The lowest BCUT2D eigenvalue weighted by atomic mass is 9.84. The Morgan fingerprint density at radius 1 is 1.06 bits per heavy atom. The molecule has 162 valence electrons. The molecule has 0 atom stereocenters. The third kappa shape index (κ3) is 5.14. The standard InChI is InChI=1S/C23H22FNO5S/c24-19-9-11-22(12-10-19)31(27,28)30-20-7-1-4-17(14-20)15-25(16-21-8-3-13-29-21)23(26)18-5-2-6-18/h1,3-4,7-14,18H,2,5-6,15-16H2. The van der Waals surface area contributed by atoms with Crippen LogP contribution in [0.1, 0.15) is 30.6 Å². The number of halogens is 1. The van der Waals surface area contributed by atoms with Crippen LogP contribution in [0.25, 0.3) is 0 Å². The highest BCUT2D eigenvalue weighted by Gasteiger charge is 2.30. The van der Waals surface area contributed by atoms with E-state index in [-0.39, 0.29) is 22.5 Å². The minimum absolute atomic E-state index is 0.0215. The van der Waals surface area contributed by atoms with Crippen LogP contribution in [0.15, 0.2) is 76.2 Å². The monoisotopic (exact) mass is 443 g/mol. The van der Waals surface area contributed by atoms with Crippen molar-refractivity contribution in [3.8, 4) is 5.75 Å². The van der Waals surface area contributed by atoms with Crippen LogP contribution in [0, 0.1) is 11.7 Å². The van der Waals surface area contributed by atoms with Crippen molar-refractivity contribution in [3.05, 3.63) is 84.1 Å². The van der Waals surface area contributed by atoms with Crippen LogP contribution in [0.2, 0.25) is 0 Å². The van der Waals surface area contributed by atoms with Crippen molar-refractivity contribution in [1.29, 1.82) is 0 Å². The zero-order chi connectivity index (χ0) is 21.8. The number of carbonyl (C=O) groups is 1. The highest BCUT2D eigenvalue weighted by molar-refractivity contribution is 7.87. The van der Waals surface area contributed by atoms with Gasteiger partial charge in [-0.2, -0.15) is 8.42 Å². The summed E-state index contributed by atoms with van der Waals surface area (Å²) in [5, 5.41) is 0. The summed E-state index contributed by atoms with van der Waals surface area (Å²) in [4.78, 5) is 14.5. The van der Waals surface area contributed by atoms with Crippen molar-refractivity contribution in [2.45, 2.75) is 37.2 Å². The van der Waals surface area contributed by atoms with Gasteiger partial charge in [0.15, 0.2) is 0 Å². The van der Waals surface area contributed by atoms with Gasteiger partial charge in [0.1, 0.15) is 22.2 Å². The molecule has 2 aromatic carbocycles. The molecule has 3 aromatic rings. The smallest absolute Gasteiger partial charge is 0.339 e. The van der Waals surface area contributed by atoms with Crippen LogP contribution in [-0.2, 0) is 28.0 Å². The zero-order valence-electron chi connectivity index (χ0n) is 16.7. The summed E-state index contributed by atoms with van der Waals surface area (Å²) >= 11 is 0. The molecule has 0 radical (unpaired) electrons. The van der Waals surface area contributed by atoms with Gasteiger partial charge in [-0.25, -0.2) is 4.39 Å². The van der Waals surface area contributed by atoms with Gasteiger partial charge in [-0.1, -0.05) is 18.6 Å². The maximum atomic E-state index is 13.1. The number of rotatable bonds is 8. The molecule has 8 heteroatoms. The number of hydrogen-bond donors (Lipinski definition) is 0. The summed E-state index contributed by atoms with van der Waals surface area (Å²) in [6.45, 7) is 0.630. The third-order valence-electron chi connectivity index (χ3n) is 5.27. The Hall–Kier alpha value is -3.13. The van der Waals surface area contributed by atoms with Crippen LogP contribution < -0.4 is 4.18 Å². The molecule has 1 amide bonds. The zero-order valence-corrected chi connectivity index (χ0v) is 17.6. The topological polar surface area (TPSA) is 76.8 Å². The summed E-state index contributed by atoms with van der Waals surface area (Å²) in [5.41, 5.74) is 0.728. The average molecular weight is 443 g/mol. The molecular weight excluding hydrogens is 421 g/mol. The summed E-state index contributed by atoms with van der Waals surface area (Å²) in [6.07, 6.45) is 4.38. The predicted octanol–water partition coefficient (Wildman–Crippen LogP) is 4.52. The van der Waals surface area contributed by atoms with Crippen molar-refractivity contribution in [2.75, 3.05) is 0 Å². The van der Waals surface area contributed by atoms with Gasteiger partial charge in [0.05, 0.1) is 12.8 Å². The Morgan fingerprint density at radius 2 is 1.84 bits per heavy atom. The first kappa shape index (κ1) is 21.1. The van der Waals surface area contributed by atoms with E-state index in [1.165, 1.54) is 6.07 Å². The molecule has 1 fully saturated rings. The molecule has 1 heterocycles. The fourth-order valence-corrected chi connectivity index (χ4v) is 4.33. The minimum atomic E-state index is -4.10. The average Bonchev–Trinajstić information content (AvgIpc) is 3.19. The van der Waals surface area contributed by atoms with E-state index in [4.69, 9.17) is 8.60 Å². The second kappa shape index (κ2) is 8.93. The Morgan fingerprint density at radius 3 is 2.48 bits per heavy atom. The van der Waals surface area contributed by atoms with Crippen molar-refractivity contribution >= 4 is 16.0 Å². The normalized spacial score (nSPS) is 14.1. The van der Waals surface area contributed by atoms with E-state index in [0.29, 0.717) is 18.8 Å². The van der Waals surface area contributed by atoms with Crippen LogP contribution in [0.4, 0.5) is 4.39 Å². The maximum Gasteiger partial charge on any atom is 0.339 e. The van der Waals surface area contributed by atoms with Crippen molar-refractivity contribution < 1.29 is 26.2 Å². The van der Waals surface area contributed by atoms with Crippen molar-refractivity contribution in [3.63, 3.8) is 0 Å². The van der Waals surface area contributed by atoms with E-state index in [1.54, 1.807) is 35.4 Å². The van der Waals surface area contributed by atoms with Crippen LogP contribution in [0.3, 0.4) is 0 Å². The number of amides is 1. The minimum Gasteiger partial charge on any atom is -0.467 e. The Labute approximate surface area is 180 Å². The predicted molar refractivity (Wildman–Crippen MR) is 111 cm³/mol. The van der Waals surface area contributed by atoms with E-state index >= 15 is 0 Å². The second-order valence-electron chi connectivity index (χ2n) is 7.54. The van der Waals surface area contributed by atoms with Crippen LogP contribution in [0.5, 0.6) is 5.75 Å². The van der Waals surface area contributed by atoms with Crippen LogP contribution in [-0.4, -0.2) is 19.2 Å². The highest BCUT2D eigenvalue weighted by Crippen LogP contribution is 2.30. The first-order valence-corrected chi connectivity index (χ1v) is 11.4. The van der Waals surface area contributed by atoms with E-state index in [0.717, 1.165) is 49.1 Å². The largest absolute Gasteiger partial charge is 0.467 e. The molecule has 1 aliphatic carbocycles. The number of nitrogens with zero attached hydrogens (tertiary/aromatic N) is 1. The van der Waals surface area contributed by atoms with Crippen LogP contribution >= 0.6 is 0 Å². The molecule has 1 aromatic heterocycles. The highest BCUT2D eigenvalue weighted by atomic mass is 32.2. The Bertz CT molecular complexity index is 1140. The summed E-state index contributed by atoms with van der Waals surface area (Å²) in [5.74, 6) is 0.352. The summed E-state index contributed by atoms with van der Waals surface area (Å²) in [7, 11) is -4.10. The molecular formula is C23H22FNO5S. The first-order valence-electron chi connectivity index (χ1n) is 10.0. The maximum absolute atomic E-state index is 13.1. The molecule has 6 nitrogen and oxygen atoms in total. The van der Waals surface area contributed by atoms with Gasteiger partial charge in [0.2, 0.25) is 5.91 Å². The Kier molecular flexibility index (Phi) is 6.08. The molecule has 0 unspecified atom stereocenters. The van der Waals surface area contributed by atoms with Gasteiger partial charge < -0.3 is 13.5 Å². The molecule has 0 spiro atoms. The van der Waals surface area contributed by atoms with Gasteiger partial charge in [0.25, 0.3) is 0 Å². The van der Waals surface area contributed by atoms with Gasteiger partial charge in [-0.3, -0.25) is 4.79 Å².